The molecule has 1 aliphatic carbocycles. The van der Waals surface area contributed by atoms with Gasteiger partial charge >= 0.3 is 0 Å². The molecule has 178 valence electrons. The topological polar surface area (TPSA) is 107 Å². The first-order valence-electron chi connectivity index (χ1n) is 12.2. The molecule has 2 saturated heterocycles. The molecule has 10 heteroatoms. The zero-order chi connectivity index (χ0) is 23.3. The summed E-state index contributed by atoms with van der Waals surface area (Å²) >= 11 is 0. The van der Waals surface area contributed by atoms with E-state index in [0.29, 0.717) is 24.0 Å². The first-order chi connectivity index (χ1) is 16.5. The summed E-state index contributed by atoms with van der Waals surface area (Å²) in [7, 11) is 2.14. The number of amides is 2. The van der Waals surface area contributed by atoms with Crippen LogP contribution < -0.4 is 15.5 Å². The van der Waals surface area contributed by atoms with Gasteiger partial charge < -0.3 is 20.4 Å². The molecule has 0 aromatic carbocycles. The Bertz CT molecular complexity index is 1110. The van der Waals surface area contributed by atoms with Crippen molar-refractivity contribution in [2.24, 2.45) is 0 Å². The molecule has 3 aliphatic heterocycles. The number of carbonyl (C=O) groups is 2. The lowest BCUT2D eigenvalue weighted by Gasteiger charge is -2.33. The van der Waals surface area contributed by atoms with Gasteiger partial charge in [0, 0.05) is 50.4 Å². The molecule has 2 aromatic heterocycles. The van der Waals surface area contributed by atoms with Crippen molar-refractivity contribution in [1.82, 2.24) is 24.8 Å². The predicted molar refractivity (Wildman–Crippen MR) is 128 cm³/mol. The van der Waals surface area contributed by atoms with E-state index in [1.54, 1.807) is 6.20 Å². The number of pyridine rings is 1. The van der Waals surface area contributed by atoms with Gasteiger partial charge in [-0.25, -0.2) is 9.97 Å². The Morgan fingerprint density at radius 2 is 1.82 bits per heavy atom. The lowest BCUT2D eigenvalue weighted by Crippen LogP contribution is -2.48. The highest BCUT2D eigenvalue weighted by atomic mass is 16.2. The van der Waals surface area contributed by atoms with Crippen LogP contribution in [0.4, 0.5) is 23.3 Å². The van der Waals surface area contributed by atoms with Crippen LogP contribution in [-0.2, 0) is 16.0 Å². The van der Waals surface area contributed by atoms with Crippen molar-refractivity contribution < 1.29 is 9.59 Å². The number of rotatable bonds is 4. The highest BCUT2D eigenvalue weighted by molar-refractivity contribution is 6.11. The van der Waals surface area contributed by atoms with Gasteiger partial charge in [-0.1, -0.05) is 12.8 Å². The van der Waals surface area contributed by atoms with Gasteiger partial charge in [0.15, 0.2) is 0 Å². The molecule has 3 fully saturated rings. The Morgan fingerprint density at radius 1 is 1.03 bits per heavy atom. The van der Waals surface area contributed by atoms with Gasteiger partial charge in [0.25, 0.3) is 5.91 Å². The van der Waals surface area contributed by atoms with Crippen LogP contribution in [-0.4, -0.2) is 81.4 Å². The van der Waals surface area contributed by atoms with Crippen molar-refractivity contribution >= 4 is 35.1 Å². The van der Waals surface area contributed by atoms with Crippen molar-refractivity contribution in [3.05, 3.63) is 30.1 Å². The Morgan fingerprint density at radius 3 is 2.56 bits per heavy atom. The number of likely N-dealkylation sites (N-methyl/N-ethyl adjacent to an activating group) is 1. The molecule has 1 atom stereocenters. The maximum Gasteiger partial charge on any atom is 0.256 e. The molecule has 10 nitrogen and oxygen atoms in total. The van der Waals surface area contributed by atoms with E-state index in [2.05, 4.69) is 48.5 Å². The second-order valence-electron chi connectivity index (χ2n) is 9.95. The highest BCUT2D eigenvalue weighted by Crippen LogP contribution is 2.41. The van der Waals surface area contributed by atoms with E-state index in [-0.39, 0.29) is 24.3 Å². The van der Waals surface area contributed by atoms with Crippen LogP contribution in [0, 0.1) is 0 Å². The molecule has 1 unspecified atom stereocenters. The van der Waals surface area contributed by atoms with Gasteiger partial charge in [-0.15, -0.1) is 0 Å². The van der Waals surface area contributed by atoms with E-state index in [1.807, 2.05) is 12.3 Å². The average molecular weight is 463 g/mol. The van der Waals surface area contributed by atoms with Gasteiger partial charge in [-0.2, -0.15) is 4.98 Å². The maximum absolute atomic E-state index is 13.3. The second kappa shape index (κ2) is 8.19. The monoisotopic (exact) mass is 462 g/mol. The van der Waals surface area contributed by atoms with Crippen molar-refractivity contribution in [3.63, 3.8) is 0 Å². The van der Waals surface area contributed by atoms with Gasteiger partial charge in [-0.3, -0.25) is 14.5 Å². The minimum atomic E-state index is -0.919. The van der Waals surface area contributed by atoms with Crippen LogP contribution in [0.5, 0.6) is 0 Å². The molecule has 6 rings (SSSR count). The number of hydrogen-bond donors (Lipinski definition) is 2. The molecule has 34 heavy (non-hydrogen) atoms. The summed E-state index contributed by atoms with van der Waals surface area (Å²) in [5.74, 6) is 1.49. The Balaban J connectivity index is 1.14. The van der Waals surface area contributed by atoms with Gasteiger partial charge in [0.05, 0.1) is 18.3 Å². The van der Waals surface area contributed by atoms with Crippen LogP contribution in [0.2, 0.25) is 0 Å². The normalized spacial score (nSPS) is 25.3. The third-order valence-corrected chi connectivity index (χ3v) is 7.61. The summed E-state index contributed by atoms with van der Waals surface area (Å²) in [5, 5.41) is 6.45. The first kappa shape index (κ1) is 21.3. The SMILES string of the molecule is CN1CCN(c2ccc(Nc3ncc4c(n3)NC3(CC(=O)N(C5CCCC5)C3=O)C4)nc2)CC1. The Hall–Kier alpha value is -3.27. The summed E-state index contributed by atoms with van der Waals surface area (Å²) in [4.78, 5) is 45.8. The molecule has 0 bridgehead atoms. The number of imide groups is 1. The number of nitrogens with zero attached hydrogens (tertiary/aromatic N) is 6. The molecule has 5 heterocycles. The fraction of sp³-hybridized carbons (Fsp3) is 0.542. The molecule has 4 aliphatic rings. The van der Waals surface area contributed by atoms with Crippen molar-refractivity contribution in [2.75, 3.05) is 48.8 Å². The van der Waals surface area contributed by atoms with E-state index in [0.717, 1.165) is 63.1 Å². The molecule has 2 N–H and O–H groups in total. The standard InChI is InChI=1S/C24H30N8O2/c1-30-8-10-31(11-9-30)18-6-7-19(25-15-18)27-23-26-14-16-12-24(29-21(16)28-23)13-20(33)32(22(24)34)17-4-2-3-5-17/h6-7,14-15,17H,2-5,8-13H2,1H3,(H2,25,26,27,28,29). The van der Waals surface area contributed by atoms with Crippen molar-refractivity contribution in [2.45, 2.75) is 50.1 Å². The minimum absolute atomic E-state index is 0.0492. The number of piperazine rings is 1. The summed E-state index contributed by atoms with van der Waals surface area (Å²) < 4.78 is 0. The number of hydrogen-bond acceptors (Lipinski definition) is 9. The molecule has 1 spiro atoms. The molecule has 2 amide bonds. The third-order valence-electron chi connectivity index (χ3n) is 7.61. The van der Waals surface area contributed by atoms with Crippen LogP contribution >= 0.6 is 0 Å². The number of carbonyl (C=O) groups excluding carboxylic acids is 2. The number of likely N-dealkylation sites (tertiary alicyclic amines) is 1. The smallest absolute Gasteiger partial charge is 0.256 e. The highest BCUT2D eigenvalue weighted by Gasteiger charge is 2.56. The van der Waals surface area contributed by atoms with Gasteiger partial charge in [0.2, 0.25) is 11.9 Å². The van der Waals surface area contributed by atoms with E-state index in [4.69, 9.17) is 0 Å². The molecular formula is C24H30N8O2. The summed E-state index contributed by atoms with van der Waals surface area (Å²) in [6, 6.07) is 4.03. The third kappa shape index (κ3) is 3.66. The minimum Gasteiger partial charge on any atom is -0.368 e. The molecule has 1 saturated carbocycles. The Labute approximate surface area is 198 Å². The largest absolute Gasteiger partial charge is 0.368 e. The zero-order valence-corrected chi connectivity index (χ0v) is 19.5. The van der Waals surface area contributed by atoms with Crippen molar-refractivity contribution in [3.8, 4) is 0 Å². The molecular weight excluding hydrogens is 432 g/mol. The first-order valence-corrected chi connectivity index (χ1v) is 12.2. The lowest BCUT2D eigenvalue weighted by molar-refractivity contribution is -0.142. The maximum atomic E-state index is 13.3. The van der Waals surface area contributed by atoms with E-state index in [9.17, 15) is 9.59 Å². The van der Waals surface area contributed by atoms with E-state index < -0.39 is 5.54 Å². The van der Waals surface area contributed by atoms with Gasteiger partial charge in [0.1, 0.15) is 17.2 Å². The fourth-order valence-corrected chi connectivity index (χ4v) is 5.66. The predicted octanol–water partition coefficient (Wildman–Crippen LogP) is 1.78. The Kier molecular flexibility index (Phi) is 5.13. The quantitative estimate of drug-likeness (QED) is 0.658. The number of nitrogens with one attached hydrogen (secondary N) is 2. The molecule has 2 aromatic rings. The summed E-state index contributed by atoms with van der Waals surface area (Å²) in [6.07, 6.45) is 8.20. The van der Waals surface area contributed by atoms with E-state index >= 15 is 0 Å². The summed E-state index contributed by atoms with van der Waals surface area (Å²) in [5.41, 5.74) is 1.05. The number of aromatic nitrogens is 3. The second-order valence-corrected chi connectivity index (χ2v) is 9.95. The van der Waals surface area contributed by atoms with Crippen LogP contribution in [0.1, 0.15) is 37.7 Å². The van der Waals surface area contributed by atoms with Crippen LogP contribution in [0.15, 0.2) is 24.5 Å². The number of anilines is 4. The number of fused-ring (bicyclic) bond motifs is 1. The van der Waals surface area contributed by atoms with Crippen LogP contribution in [0.3, 0.4) is 0 Å². The molecule has 0 radical (unpaired) electrons. The zero-order valence-electron chi connectivity index (χ0n) is 19.5. The van der Waals surface area contributed by atoms with E-state index in [1.165, 1.54) is 4.90 Å². The summed E-state index contributed by atoms with van der Waals surface area (Å²) in [6.45, 7) is 4.07. The van der Waals surface area contributed by atoms with Crippen molar-refractivity contribution in [1.29, 1.82) is 0 Å². The average Bonchev–Trinajstić information content (AvgIpc) is 3.53. The van der Waals surface area contributed by atoms with Crippen LogP contribution in [0.25, 0.3) is 0 Å². The lowest BCUT2D eigenvalue weighted by atomic mass is 9.94. The fourth-order valence-electron chi connectivity index (χ4n) is 5.66. The van der Waals surface area contributed by atoms with Gasteiger partial charge in [-0.05, 0) is 32.0 Å².